The second kappa shape index (κ2) is 8.95. The van der Waals surface area contributed by atoms with Crippen molar-refractivity contribution < 1.29 is 27.5 Å². The average Bonchev–Trinajstić information content (AvgIpc) is 2.88. The zero-order valence-corrected chi connectivity index (χ0v) is 19.9. The number of β-lactam (4-membered cyclic amide) rings is 1. The van der Waals surface area contributed by atoms with Crippen molar-refractivity contribution in [3.63, 3.8) is 0 Å². The van der Waals surface area contributed by atoms with E-state index in [-0.39, 0.29) is 4.90 Å². The number of ether oxygens (including phenoxy) is 2. The zero-order valence-electron chi connectivity index (χ0n) is 19.0. The zero-order chi connectivity index (χ0) is 24.5. The van der Waals surface area contributed by atoms with E-state index in [1.807, 2.05) is 0 Å². The van der Waals surface area contributed by atoms with Crippen LogP contribution in [0.3, 0.4) is 0 Å². The minimum atomic E-state index is -4.34. The Kier molecular flexibility index (Phi) is 6.18. The molecule has 8 heteroatoms. The topological polar surface area (TPSA) is 90.0 Å². The number of methoxy groups -OCH3 is 2. The molecule has 1 amide bonds. The Hall–Kier alpha value is -3.65. The first-order valence-corrected chi connectivity index (χ1v) is 12.2. The highest BCUT2D eigenvalue weighted by molar-refractivity contribution is 7.94. The number of benzene rings is 3. The van der Waals surface area contributed by atoms with Crippen molar-refractivity contribution in [2.45, 2.75) is 22.6 Å². The number of carbonyl (C=O) groups is 2. The predicted octanol–water partition coefficient (Wildman–Crippen LogP) is 3.80. The van der Waals surface area contributed by atoms with Crippen LogP contribution in [-0.4, -0.2) is 39.3 Å². The van der Waals surface area contributed by atoms with Gasteiger partial charge in [-0.2, -0.15) is 0 Å². The van der Waals surface area contributed by atoms with Crippen molar-refractivity contribution in [1.29, 1.82) is 0 Å². The van der Waals surface area contributed by atoms with Crippen LogP contribution in [0.2, 0.25) is 0 Å². The van der Waals surface area contributed by atoms with E-state index < -0.39 is 38.4 Å². The van der Waals surface area contributed by atoms with Crippen molar-refractivity contribution in [2.75, 3.05) is 19.1 Å². The van der Waals surface area contributed by atoms with Gasteiger partial charge in [0.25, 0.3) is 5.91 Å². The van der Waals surface area contributed by atoms with Crippen LogP contribution in [-0.2, 0) is 24.2 Å². The van der Waals surface area contributed by atoms with Gasteiger partial charge in [0.2, 0.25) is 0 Å². The van der Waals surface area contributed by atoms with E-state index in [0.29, 0.717) is 17.0 Å². The van der Waals surface area contributed by atoms with Crippen LogP contribution in [0.25, 0.3) is 0 Å². The third-order valence-corrected chi connectivity index (χ3v) is 8.91. The van der Waals surface area contributed by atoms with E-state index >= 15 is 0 Å². The Morgan fingerprint density at radius 2 is 1.47 bits per heavy atom. The summed E-state index contributed by atoms with van der Waals surface area (Å²) in [5.74, 6) is -2.13. The number of carbonyl (C=O) groups excluding carboxylic acids is 2. The van der Waals surface area contributed by atoms with Gasteiger partial charge in [0.15, 0.2) is 14.6 Å². The van der Waals surface area contributed by atoms with E-state index in [1.54, 1.807) is 72.8 Å². The van der Waals surface area contributed by atoms with E-state index in [0.717, 1.165) is 0 Å². The lowest BCUT2D eigenvalue weighted by atomic mass is 9.73. The van der Waals surface area contributed by atoms with Gasteiger partial charge in [-0.1, -0.05) is 48.5 Å². The van der Waals surface area contributed by atoms with Crippen molar-refractivity contribution in [2.24, 2.45) is 5.92 Å². The lowest BCUT2D eigenvalue weighted by molar-refractivity contribution is -0.151. The highest BCUT2D eigenvalue weighted by Crippen LogP contribution is 2.56. The van der Waals surface area contributed by atoms with Crippen LogP contribution < -0.4 is 9.64 Å². The van der Waals surface area contributed by atoms with E-state index in [2.05, 4.69) is 0 Å². The maximum atomic E-state index is 14.2. The standard InChI is InChI=1S/C26H25NO6S/c1-18(24(28)33-3)26(34(30,31)22-12-8-5-9-13-22)23(19-10-6-4-7-11-19)27(25(26)29)20-14-16-21(32-2)17-15-20/h4-18,23H,1-3H3. The molecule has 34 heavy (non-hydrogen) atoms. The highest BCUT2D eigenvalue weighted by atomic mass is 32.2. The summed E-state index contributed by atoms with van der Waals surface area (Å²) < 4.78 is 36.4. The number of hydrogen-bond acceptors (Lipinski definition) is 6. The Morgan fingerprint density at radius 1 is 0.912 bits per heavy atom. The summed E-state index contributed by atoms with van der Waals surface area (Å²) in [5.41, 5.74) is 1.09. The normalized spacial score (nSPS) is 20.9. The largest absolute Gasteiger partial charge is 0.497 e. The molecule has 3 aromatic rings. The molecule has 0 aliphatic carbocycles. The summed E-state index contributed by atoms with van der Waals surface area (Å²) in [7, 11) is -1.62. The SMILES string of the molecule is COC(=O)C(C)C1(S(=O)(=O)c2ccccc2)C(=O)N(c2ccc(OC)cc2)C1c1ccccc1. The molecule has 0 spiro atoms. The summed E-state index contributed by atoms with van der Waals surface area (Å²) >= 11 is 0. The molecule has 3 atom stereocenters. The van der Waals surface area contributed by atoms with Crippen LogP contribution in [0.4, 0.5) is 5.69 Å². The van der Waals surface area contributed by atoms with Crippen molar-refractivity contribution >= 4 is 27.4 Å². The monoisotopic (exact) mass is 479 g/mol. The Morgan fingerprint density at radius 3 is 2.00 bits per heavy atom. The van der Waals surface area contributed by atoms with Crippen LogP contribution in [0.1, 0.15) is 18.5 Å². The number of hydrogen-bond donors (Lipinski definition) is 0. The van der Waals surface area contributed by atoms with E-state index in [4.69, 9.17) is 9.47 Å². The molecule has 1 aliphatic heterocycles. The molecule has 0 aromatic heterocycles. The molecule has 3 aromatic carbocycles. The Labute approximate surface area is 198 Å². The molecule has 4 rings (SSSR count). The van der Waals surface area contributed by atoms with Crippen molar-refractivity contribution in [3.8, 4) is 5.75 Å². The molecule has 0 saturated carbocycles. The second-order valence-electron chi connectivity index (χ2n) is 8.04. The molecule has 1 heterocycles. The molecule has 3 unspecified atom stereocenters. The van der Waals surface area contributed by atoms with Crippen molar-refractivity contribution in [3.05, 3.63) is 90.5 Å². The number of rotatable bonds is 7. The smallest absolute Gasteiger partial charge is 0.310 e. The molecular formula is C26H25NO6S. The summed E-state index contributed by atoms with van der Waals surface area (Å²) in [6.07, 6.45) is 0. The molecular weight excluding hydrogens is 454 g/mol. The first-order chi connectivity index (χ1) is 16.3. The summed E-state index contributed by atoms with van der Waals surface area (Å²) in [6.45, 7) is 1.44. The van der Waals surface area contributed by atoms with Gasteiger partial charge in [0.1, 0.15) is 5.75 Å². The maximum absolute atomic E-state index is 14.2. The van der Waals surface area contributed by atoms with Gasteiger partial charge in [-0.05, 0) is 48.9 Å². The van der Waals surface area contributed by atoms with Crippen molar-refractivity contribution in [1.82, 2.24) is 0 Å². The van der Waals surface area contributed by atoms with Gasteiger partial charge in [0.05, 0.1) is 31.1 Å². The summed E-state index contributed by atoms with van der Waals surface area (Å²) in [4.78, 5) is 28.2. The molecule has 7 nitrogen and oxygen atoms in total. The third kappa shape index (κ3) is 3.37. The van der Waals surface area contributed by atoms with E-state index in [1.165, 1.54) is 38.2 Å². The fourth-order valence-electron chi connectivity index (χ4n) is 4.65. The van der Waals surface area contributed by atoms with Gasteiger partial charge in [-0.15, -0.1) is 0 Å². The quantitative estimate of drug-likeness (QED) is 0.378. The van der Waals surface area contributed by atoms with Crippen LogP contribution in [0.15, 0.2) is 89.8 Å². The highest BCUT2D eigenvalue weighted by Gasteiger charge is 2.73. The van der Waals surface area contributed by atoms with Crippen LogP contribution in [0, 0.1) is 5.92 Å². The molecule has 0 radical (unpaired) electrons. The first-order valence-electron chi connectivity index (χ1n) is 10.7. The summed E-state index contributed by atoms with van der Waals surface area (Å²) in [6, 6.07) is 22.4. The Balaban J connectivity index is 1.99. The number of amides is 1. The van der Waals surface area contributed by atoms with Gasteiger partial charge < -0.3 is 14.4 Å². The average molecular weight is 480 g/mol. The van der Waals surface area contributed by atoms with Crippen LogP contribution in [0.5, 0.6) is 5.75 Å². The number of anilines is 1. The molecule has 1 saturated heterocycles. The van der Waals surface area contributed by atoms with Gasteiger partial charge in [-0.25, -0.2) is 8.42 Å². The minimum Gasteiger partial charge on any atom is -0.497 e. The fraction of sp³-hybridized carbons (Fsp3) is 0.231. The molecule has 1 aliphatic rings. The summed E-state index contributed by atoms with van der Waals surface area (Å²) in [5, 5.41) is 0. The Bertz CT molecular complexity index is 1290. The van der Waals surface area contributed by atoms with Gasteiger partial charge in [-0.3, -0.25) is 9.59 Å². The van der Waals surface area contributed by atoms with Gasteiger partial charge >= 0.3 is 5.97 Å². The molecule has 0 bridgehead atoms. The maximum Gasteiger partial charge on any atom is 0.310 e. The number of nitrogens with zero attached hydrogens (tertiary/aromatic N) is 1. The number of sulfone groups is 1. The molecule has 0 N–H and O–H groups in total. The minimum absolute atomic E-state index is 0.0329. The predicted molar refractivity (Wildman–Crippen MR) is 127 cm³/mol. The fourth-order valence-corrected chi connectivity index (χ4v) is 6.98. The molecule has 176 valence electrons. The van der Waals surface area contributed by atoms with Crippen LogP contribution >= 0.6 is 0 Å². The lowest BCUT2D eigenvalue weighted by Gasteiger charge is -2.56. The first kappa shape index (κ1) is 23.5. The lowest BCUT2D eigenvalue weighted by Crippen LogP contribution is -2.75. The number of esters is 1. The van der Waals surface area contributed by atoms with Gasteiger partial charge in [0, 0.05) is 5.69 Å². The second-order valence-corrected chi connectivity index (χ2v) is 10.2. The third-order valence-electron chi connectivity index (χ3n) is 6.38. The molecule has 1 fully saturated rings. The van der Waals surface area contributed by atoms with E-state index in [9.17, 15) is 18.0 Å².